The second-order valence-corrected chi connectivity index (χ2v) is 7.80. The molecule has 1 N–H and O–H groups in total. The van der Waals surface area contributed by atoms with Crippen LogP contribution < -0.4 is 5.32 Å². The summed E-state index contributed by atoms with van der Waals surface area (Å²) in [5, 5.41) is 2.75. The van der Waals surface area contributed by atoms with Gasteiger partial charge in [-0.25, -0.2) is 4.39 Å². The molecule has 1 aromatic rings. The van der Waals surface area contributed by atoms with Crippen LogP contribution in [0.15, 0.2) is 24.3 Å². The lowest BCUT2D eigenvalue weighted by Crippen LogP contribution is -2.49. The molecule has 2 amide bonds. The minimum atomic E-state index is -0.345. The molecule has 0 radical (unpaired) electrons. The smallest absolute Gasteiger partial charge is 0.238 e. The van der Waals surface area contributed by atoms with Crippen molar-refractivity contribution in [2.24, 2.45) is 11.8 Å². The number of carbonyl (C=O) groups is 2. The van der Waals surface area contributed by atoms with Crippen LogP contribution in [0.2, 0.25) is 0 Å². The van der Waals surface area contributed by atoms with Gasteiger partial charge in [-0.1, -0.05) is 13.8 Å². The third-order valence-electron chi connectivity index (χ3n) is 4.76. The lowest BCUT2D eigenvalue weighted by Gasteiger charge is -2.36. The summed E-state index contributed by atoms with van der Waals surface area (Å²) in [6.45, 7) is 10.2. The molecule has 5 nitrogen and oxygen atoms in total. The Morgan fingerprint density at radius 3 is 2.27 bits per heavy atom. The molecule has 1 fully saturated rings. The monoisotopic (exact) mass is 363 g/mol. The average Bonchev–Trinajstić information content (AvgIpc) is 2.55. The topological polar surface area (TPSA) is 52.7 Å². The number of anilines is 1. The van der Waals surface area contributed by atoms with Crippen molar-refractivity contribution in [3.05, 3.63) is 30.1 Å². The van der Waals surface area contributed by atoms with Gasteiger partial charge < -0.3 is 10.2 Å². The van der Waals surface area contributed by atoms with E-state index in [0.29, 0.717) is 17.5 Å². The molecule has 0 spiro atoms. The standard InChI is InChI=1S/C20H30FN3O2/c1-14(2)23(12-19(25)22-18-7-5-17(21)6-8-18)13-20(26)24-10-15(3)9-16(4)11-24/h5-8,14-16H,9-13H2,1-4H3,(H,22,25). The van der Waals surface area contributed by atoms with Crippen molar-refractivity contribution in [3.63, 3.8) is 0 Å². The number of rotatable bonds is 6. The first kappa shape index (κ1) is 20.4. The molecule has 1 saturated heterocycles. The molecule has 2 atom stereocenters. The van der Waals surface area contributed by atoms with Crippen LogP contribution in [0.1, 0.15) is 34.1 Å². The Bertz CT molecular complexity index is 608. The summed E-state index contributed by atoms with van der Waals surface area (Å²) in [4.78, 5) is 28.8. The fourth-order valence-corrected chi connectivity index (χ4v) is 3.48. The number of hydrogen-bond acceptors (Lipinski definition) is 3. The van der Waals surface area contributed by atoms with E-state index in [1.807, 2.05) is 23.6 Å². The van der Waals surface area contributed by atoms with Gasteiger partial charge in [0.25, 0.3) is 0 Å². The number of hydrogen-bond donors (Lipinski definition) is 1. The molecule has 0 aromatic heterocycles. The first-order valence-corrected chi connectivity index (χ1v) is 9.31. The van der Waals surface area contributed by atoms with E-state index in [2.05, 4.69) is 19.2 Å². The van der Waals surface area contributed by atoms with Gasteiger partial charge in [0.2, 0.25) is 11.8 Å². The zero-order chi connectivity index (χ0) is 19.3. The molecule has 2 rings (SSSR count). The van der Waals surface area contributed by atoms with E-state index in [1.54, 1.807) is 0 Å². The van der Waals surface area contributed by atoms with Gasteiger partial charge in [0.1, 0.15) is 5.82 Å². The second-order valence-electron chi connectivity index (χ2n) is 7.80. The van der Waals surface area contributed by atoms with E-state index < -0.39 is 0 Å². The van der Waals surface area contributed by atoms with Gasteiger partial charge in [0.15, 0.2) is 0 Å². The van der Waals surface area contributed by atoms with E-state index >= 15 is 0 Å². The third kappa shape index (κ3) is 6.09. The van der Waals surface area contributed by atoms with Crippen LogP contribution in [0, 0.1) is 17.7 Å². The fourth-order valence-electron chi connectivity index (χ4n) is 3.48. The molecular formula is C20H30FN3O2. The minimum Gasteiger partial charge on any atom is -0.341 e. The van der Waals surface area contributed by atoms with Crippen LogP contribution in [-0.4, -0.2) is 53.8 Å². The van der Waals surface area contributed by atoms with Gasteiger partial charge in [-0.3, -0.25) is 14.5 Å². The Morgan fingerprint density at radius 1 is 1.15 bits per heavy atom. The highest BCUT2D eigenvalue weighted by Gasteiger charge is 2.27. The zero-order valence-electron chi connectivity index (χ0n) is 16.2. The molecule has 0 aliphatic carbocycles. The van der Waals surface area contributed by atoms with Crippen LogP contribution in [0.25, 0.3) is 0 Å². The molecule has 0 bridgehead atoms. The van der Waals surface area contributed by atoms with Crippen molar-refractivity contribution in [3.8, 4) is 0 Å². The Hall–Kier alpha value is -1.95. The number of carbonyl (C=O) groups excluding carboxylic acids is 2. The van der Waals surface area contributed by atoms with Gasteiger partial charge in [-0.15, -0.1) is 0 Å². The predicted molar refractivity (Wildman–Crippen MR) is 101 cm³/mol. The molecule has 2 unspecified atom stereocenters. The highest BCUT2D eigenvalue weighted by atomic mass is 19.1. The van der Waals surface area contributed by atoms with Crippen molar-refractivity contribution in [1.82, 2.24) is 9.80 Å². The van der Waals surface area contributed by atoms with Crippen molar-refractivity contribution in [2.45, 2.75) is 40.2 Å². The largest absolute Gasteiger partial charge is 0.341 e. The van der Waals surface area contributed by atoms with E-state index in [9.17, 15) is 14.0 Å². The van der Waals surface area contributed by atoms with Crippen molar-refractivity contribution in [2.75, 3.05) is 31.5 Å². The normalized spacial score (nSPS) is 20.5. The molecule has 1 aliphatic heterocycles. The summed E-state index contributed by atoms with van der Waals surface area (Å²) in [5.74, 6) is 0.543. The highest BCUT2D eigenvalue weighted by Crippen LogP contribution is 2.21. The molecule has 144 valence electrons. The molecule has 1 aliphatic rings. The van der Waals surface area contributed by atoms with Crippen LogP contribution in [0.4, 0.5) is 10.1 Å². The SMILES string of the molecule is CC1CC(C)CN(C(=O)CN(CC(=O)Nc2ccc(F)cc2)C(C)C)C1. The molecule has 0 saturated carbocycles. The van der Waals surface area contributed by atoms with E-state index in [1.165, 1.54) is 24.3 Å². The van der Waals surface area contributed by atoms with Crippen molar-refractivity contribution < 1.29 is 14.0 Å². The first-order chi connectivity index (χ1) is 12.2. The summed E-state index contributed by atoms with van der Waals surface area (Å²) in [6.07, 6.45) is 1.15. The maximum atomic E-state index is 13.0. The number of amides is 2. The maximum Gasteiger partial charge on any atom is 0.238 e. The van der Waals surface area contributed by atoms with E-state index in [4.69, 9.17) is 0 Å². The quantitative estimate of drug-likeness (QED) is 0.845. The Kier molecular flexibility index (Phi) is 7.14. The summed E-state index contributed by atoms with van der Waals surface area (Å²) in [6, 6.07) is 5.72. The summed E-state index contributed by atoms with van der Waals surface area (Å²) < 4.78 is 13.0. The average molecular weight is 363 g/mol. The Morgan fingerprint density at radius 2 is 1.73 bits per heavy atom. The lowest BCUT2D eigenvalue weighted by atomic mass is 9.92. The number of likely N-dealkylation sites (tertiary alicyclic amines) is 1. The number of piperidine rings is 1. The number of halogens is 1. The molecule has 6 heteroatoms. The summed E-state index contributed by atoms with van der Waals surface area (Å²) in [5.41, 5.74) is 0.546. The number of nitrogens with one attached hydrogen (secondary N) is 1. The van der Waals surface area contributed by atoms with E-state index in [-0.39, 0.29) is 36.8 Å². The first-order valence-electron chi connectivity index (χ1n) is 9.31. The zero-order valence-corrected chi connectivity index (χ0v) is 16.2. The number of nitrogens with zero attached hydrogens (tertiary/aromatic N) is 2. The van der Waals surface area contributed by atoms with E-state index in [0.717, 1.165) is 19.5 Å². The van der Waals surface area contributed by atoms with Gasteiger partial charge in [0.05, 0.1) is 13.1 Å². The lowest BCUT2D eigenvalue weighted by molar-refractivity contribution is -0.136. The second kappa shape index (κ2) is 9.12. The predicted octanol–water partition coefficient (Wildman–Crippen LogP) is 2.98. The molecule has 26 heavy (non-hydrogen) atoms. The maximum absolute atomic E-state index is 13.0. The van der Waals surface area contributed by atoms with Crippen LogP contribution in [0.5, 0.6) is 0 Å². The van der Waals surface area contributed by atoms with Gasteiger partial charge in [-0.2, -0.15) is 0 Å². The van der Waals surface area contributed by atoms with Crippen molar-refractivity contribution >= 4 is 17.5 Å². The van der Waals surface area contributed by atoms with Gasteiger partial charge in [-0.05, 0) is 56.4 Å². The van der Waals surface area contributed by atoms with Crippen LogP contribution in [-0.2, 0) is 9.59 Å². The van der Waals surface area contributed by atoms with Gasteiger partial charge in [0, 0.05) is 24.8 Å². The minimum absolute atomic E-state index is 0.0672. The van der Waals surface area contributed by atoms with Crippen LogP contribution >= 0.6 is 0 Å². The number of benzene rings is 1. The van der Waals surface area contributed by atoms with Crippen LogP contribution in [0.3, 0.4) is 0 Å². The molecule has 1 aromatic carbocycles. The summed E-state index contributed by atoms with van der Waals surface area (Å²) in [7, 11) is 0. The molecular weight excluding hydrogens is 333 g/mol. The van der Waals surface area contributed by atoms with Crippen molar-refractivity contribution in [1.29, 1.82) is 0 Å². The fraction of sp³-hybridized carbons (Fsp3) is 0.600. The summed E-state index contributed by atoms with van der Waals surface area (Å²) >= 11 is 0. The Labute approximate surface area is 155 Å². The van der Waals surface area contributed by atoms with Gasteiger partial charge >= 0.3 is 0 Å². The third-order valence-corrected chi connectivity index (χ3v) is 4.76. The molecule has 1 heterocycles. The Balaban J connectivity index is 1.92. The highest BCUT2D eigenvalue weighted by molar-refractivity contribution is 5.92.